The lowest BCUT2D eigenvalue weighted by Crippen LogP contribution is -2.49. The fourth-order valence-electron chi connectivity index (χ4n) is 2.36. The van der Waals surface area contributed by atoms with Gasteiger partial charge in [0.2, 0.25) is 0 Å². The molecule has 3 N–H and O–H groups in total. The molecule has 8 heteroatoms. The summed E-state index contributed by atoms with van der Waals surface area (Å²) in [7, 11) is 0. The normalized spacial score (nSPS) is 17.0. The quantitative estimate of drug-likeness (QED) is 0.653. The molecule has 1 aromatic heterocycles. The standard InChI is InChI=1S/C13H18F3N5/c1-9-6-10(12(17)18)7-11(19-9)21-4-2-20(3-5-21)8-13(14,15)16/h6-7H,2-5,8H2,1H3,(H3,17,18). The van der Waals surface area contributed by atoms with Gasteiger partial charge in [-0.25, -0.2) is 4.98 Å². The maximum atomic E-state index is 12.3. The van der Waals surface area contributed by atoms with E-state index in [9.17, 15) is 13.2 Å². The van der Waals surface area contributed by atoms with Crippen molar-refractivity contribution >= 4 is 11.7 Å². The molecule has 2 rings (SSSR count). The molecule has 5 nitrogen and oxygen atoms in total. The lowest BCUT2D eigenvalue weighted by atomic mass is 10.2. The average Bonchev–Trinajstić information content (AvgIpc) is 2.37. The van der Waals surface area contributed by atoms with Crippen molar-refractivity contribution in [1.82, 2.24) is 9.88 Å². The van der Waals surface area contributed by atoms with Gasteiger partial charge in [-0.15, -0.1) is 0 Å². The summed E-state index contributed by atoms with van der Waals surface area (Å²) in [6.45, 7) is 2.56. The van der Waals surface area contributed by atoms with E-state index in [1.165, 1.54) is 4.90 Å². The Morgan fingerprint density at radius 1 is 1.29 bits per heavy atom. The number of hydrogen-bond acceptors (Lipinski definition) is 4. The van der Waals surface area contributed by atoms with Crippen molar-refractivity contribution in [2.24, 2.45) is 5.73 Å². The fourth-order valence-corrected chi connectivity index (χ4v) is 2.36. The summed E-state index contributed by atoms with van der Waals surface area (Å²) in [6.07, 6.45) is -4.16. The van der Waals surface area contributed by atoms with Crippen molar-refractivity contribution in [1.29, 1.82) is 5.41 Å². The zero-order valence-electron chi connectivity index (χ0n) is 11.7. The van der Waals surface area contributed by atoms with Crippen LogP contribution in [0.25, 0.3) is 0 Å². The van der Waals surface area contributed by atoms with Crippen LogP contribution in [0.3, 0.4) is 0 Å². The highest BCUT2D eigenvalue weighted by atomic mass is 19.4. The Kier molecular flexibility index (Phi) is 4.36. The first-order valence-electron chi connectivity index (χ1n) is 6.62. The number of aromatic nitrogens is 1. The molecule has 2 heterocycles. The second-order valence-corrected chi connectivity index (χ2v) is 5.15. The van der Waals surface area contributed by atoms with Gasteiger partial charge in [0.25, 0.3) is 0 Å². The highest BCUT2D eigenvalue weighted by molar-refractivity contribution is 5.95. The van der Waals surface area contributed by atoms with E-state index in [1.807, 2.05) is 4.90 Å². The summed E-state index contributed by atoms with van der Waals surface area (Å²) in [4.78, 5) is 7.68. The SMILES string of the molecule is Cc1cc(C(=N)N)cc(N2CCN(CC(F)(F)F)CC2)n1. The minimum atomic E-state index is -4.16. The number of alkyl halides is 3. The van der Waals surface area contributed by atoms with E-state index in [0.29, 0.717) is 37.6 Å². The van der Waals surface area contributed by atoms with Crippen LogP contribution in [0.1, 0.15) is 11.3 Å². The third-order valence-corrected chi connectivity index (χ3v) is 3.35. The molecule has 0 unspecified atom stereocenters. The molecule has 0 spiro atoms. The van der Waals surface area contributed by atoms with Crippen LogP contribution in [0.2, 0.25) is 0 Å². The van der Waals surface area contributed by atoms with Gasteiger partial charge in [-0.05, 0) is 19.1 Å². The summed E-state index contributed by atoms with van der Waals surface area (Å²) in [6, 6.07) is 3.42. The third kappa shape index (κ3) is 4.32. The Morgan fingerprint density at radius 3 is 2.43 bits per heavy atom. The molecule has 0 aliphatic carbocycles. The molecule has 21 heavy (non-hydrogen) atoms. The zero-order chi connectivity index (χ0) is 15.6. The van der Waals surface area contributed by atoms with Crippen molar-refractivity contribution in [2.45, 2.75) is 13.1 Å². The molecular formula is C13H18F3N5. The summed E-state index contributed by atoms with van der Waals surface area (Å²) < 4.78 is 37.0. The Balaban J connectivity index is 2.04. The molecule has 116 valence electrons. The van der Waals surface area contributed by atoms with Crippen LogP contribution >= 0.6 is 0 Å². The van der Waals surface area contributed by atoms with Crippen LogP contribution < -0.4 is 10.6 Å². The van der Waals surface area contributed by atoms with Gasteiger partial charge in [0.05, 0.1) is 6.54 Å². The summed E-state index contributed by atoms with van der Waals surface area (Å²) in [5, 5.41) is 7.47. The Morgan fingerprint density at radius 2 is 1.90 bits per heavy atom. The lowest BCUT2D eigenvalue weighted by molar-refractivity contribution is -0.146. The van der Waals surface area contributed by atoms with Gasteiger partial charge in [0.1, 0.15) is 11.7 Å². The average molecular weight is 301 g/mol. The topological polar surface area (TPSA) is 69.2 Å². The molecule has 1 fully saturated rings. The van der Waals surface area contributed by atoms with Crippen LogP contribution in [0.15, 0.2) is 12.1 Å². The first kappa shape index (κ1) is 15.6. The summed E-state index contributed by atoms with van der Waals surface area (Å²) in [5.41, 5.74) is 6.79. The van der Waals surface area contributed by atoms with E-state index in [1.54, 1.807) is 19.1 Å². The van der Waals surface area contributed by atoms with Crippen LogP contribution in [-0.4, -0.2) is 54.6 Å². The van der Waals surface area contributed by atoms with E-state index in [-0.39, 0.29) is 5.84 Å². The molecular weight excluding hydrogens is 283 g/mol. The van der Waals surface area contributed by atoms with Crippen molar-refractivity contribution in [2.75, 3.05) is 37.6 Å². The molecule has 1 saturated heterocycles. The van der Waals surface area contributed by atoms with Gasteiger partial charge in [0, 0.05) is 37.4 Å². The monoisotopic (exact) mass is 301 g/mol. The van der Waals surface area contributed by atoms with Gasteiger partial charge in [-0.1, -0.05) is 0 Å². The van der Waals surface area contributed by atoms with Crippen LogP contribution in [0.5, 0.6) is 0 Å². The van der Waals surface area contributed by atoms with Gasteiger partial charge in [0.15, 0.2) is 0 Å². The largest absolute Gasteiger partial charge is 0.401 e. The van der Waals surface area contributed by atoms with E-state index >= 15 is 0 Å². The Bertz CT molecular complexity index is 521. The first-order valence-corrected chi connectivity index (χ1v) is 6.62. The van der Waals surface area contributed by atoms with Crippen LogP contribution in [0.4, 0.5) is 19.0 Å². The lowest BCUT2D eigenvalue weighted by Gasteiger charge is -2.35. The van der Waals surface area contributed by atoms with E-state index < -0.39 is 12.7 Å². The number of amidine groups is 1. The molecule has 0 bridgehead atoms. The Labute approximate surface area is 121 Å². The first-order chi connectivity index (χ1) is 9.74. The number of piperazine rings is 1. The molecule has 1 aromatic rings. The number of anilines is 1. The minimum Gasteiger partial charge on any atom is -0.384 e. The van der Waals surface area contributed by atoms with Crippen LogP contribution in [0, 0.1) is 12.3 Å². The molecule has 0 radical (unpaired) electrons. The number of nitrogens with two attached hydrogens (primary N) is 1. The number of hydrogen-bond donors (Lipinski definition) is 2. The smallest absolute Gasteiger partial charge is 0.384 e. The number of nitrogen functional groups attached to an aromatic ring is 1. The number of nitrogens with zero attached hydrogens (tertiary/aromatic N) is 3. The van der Waals surface area contributed by atoms with E-state index in [0.717, 1.165) is 5.69 Å². The third-order valence-electron chi connectivity index (χ3n) is 3.35. The Hall–Kier alpha value is -1.83. The van der Waals surface area contributed by atoms with Gasteiger partial charge in [-0.3, -0.25) is 10.3 Å². The highest BCUT2D eigenvalue weighted by Crippen LogP contribution is 2.20. The van der Waals surface area contributed by atoms with Gasteiger partial charge >= 0.3 is 6.18 Å². The molecule has 1 aliphatic heterocycles. The summed E-state index contributed by atoms with van der Waals surface area (Å²) >= 11 is 0. The molecule has 1 aliphatic rings. The molecule has 0 aromatic carbocycles. The number of halogens is 3. The maximum absolute atomic E-state index is 12.3. The van der Waals surface area contributed by atoms with Crippen LogP contribution in [-0.2, 0) is 0 Å². The second-order valence-electron chi connectivity index (χ2n) is 5.15. The minimum absolute atomic E-state index is 0.0440. The van der Waals surface area contributed by atoms with Crippen molar-refractivity contribution in [3.63, 3.8) is 0 Å². The predicted molar refractivity (Wildman–Crippen MR) is 74.7 cm³/mol. The molecule has 0 atom stereocenters. The predicted octanol–water partition coefficient (Wildman–Crippen LogP) is 1.36. The van der Waals surface area contributed by atoms with Crippen molar-refractivity contribution in [3.8, 4) is 0 Å². The van der Waals surface area contributed by atoms with Crippen molar-refractivity contribution in [3.05, 3.63) is 23.4 Å². The number of pyridine rings is 1. The highest BCUT2D eigenvalue weighted by Gasteiger charge is 2.32. The molecule has 0 saturated carbocycles. The fraction of sp³-hybridized carbons (Fsp3) is 0.538. The maximum Gasteiger partial charge on any atom is 0.401 e. The zero-order valence-corrected chi connectivity index (χ0v) is 11.7. The number of rotatable bonds is 3. The van der Waals surface area contributed by atoms with Gasteiger partial charge in [-0.2, -0.15) is 13.2 Å². The molecule has 0 amide bonds. The van der Waals surface area contributed by atoms with Crippen molar-refractivity contribution < 1.29 is 13.2 Å². The number of aryl methyl sites for hydroxylation is 1. The summed E-state index contributed by atoms with van der Waals surface area (Å²) in [5.74, 6) is 0.615. The van der Waals surface area contributed by atoms with E-state index in [4.69, 9.17) is 11.1 Å². The second kappa shape index (κ2) is 5.88. The van der Waals surface area contributed by atoms with Gasteiger partial charge < -0.3 is 10.6 Å². The van der Waals surface area contributed by atoms with E-state index in [2.05, 4.69) is 4.98 Å². The number of nitrogens with one attached hydrogen (secondary N) is 1.